The number of sulfonamides is 1. The largest absolute Gasteiger partial charge is 0.478 e. The van der Waals surface area contributed by atoms with E-state index in [2.05, 4.69) is 9.71 Å². The summed E-state index contributed by atoms with van der Waals surface area (Å²) in [6.45, 7) is 3.66. The third-order valence-corrected chi connectivity index (χ3v) is 5.01. The molecule has 0 aliphatic heterocycles. The molecule has 0 fully saturated rings. The summed E-state index contributed by atoms with van der Waals surface area (Å²) < 4.78 is 27.2. The zero-order valence-electron chi connectivity index (χ0n) is 12.9. The minimum Gasteiger partial charge on any atom is -0.478 e. The number of carbonyl (C=O) groups is 1. The second-order valence-electron chi connectivity index (χ2n) is 5.12. The van der Waals surface area contributed by atoms with Gasteiger partial charge in [0.1, 0.15) is 0 Å². The number of nitrogens with zero attached hydrogens (tertiary/aromatic N) is 1. The Hall–Kier alpha value is -2.25. The number of benzene rings is 1. The summed E-state index contributed by atoms with van der Waals surface area (Å²) in [4.78, 5) is 15.1. The molecule has 0 saturated heterocycles. The highest BCUT2D eigenvalue weighted by Gasteiger charge is 2.18. The van der Waals surface area contributed by atoms with Crippen LogP contribution in [-0.2, 0) is 23.0 Å². The molecule has 23 heavy (non-hydrogen) atoms. The third-order valence-electron chi connectivity index (χ3n) is 3.44. The number of pyridine rings is 1. The van der Waals surface area contributed by atoms with Crippen LogP contribution in [0.4, 0.5) is 0 Å². The fourth-order valence-electron chi connectivity index (χ4n) is 2.18. The molecule has 2 aromatic rings. The zero-order valence-corrected chi connectivity index (χ0v) is 13.7. The van der Waals surface area contributed by atoms with Gasteiger partial charge in [-0.05, 0) is 54.8 Å². The molecule has 0 bridgehead atoms. The maximum atomic E-state index is 12.4. The van der Waals surface area contributed by atoms with E-state index in [9.17, 15) is 13.2 Å². The number of aryl methyl sites for hydroxylation is 2. The van der Waals surface area contributed by atoms with Crippen LogP contribution in [0.25, 0.3) is 0 Å². The predicted octanol–water partition coefficient (Wildman–Crippen LogP) is 2.13. The summed E-state index contributed by atoms with van der Waals surface area (Å²) in [5, 5.41) is 8.93. The van der Waals surface area contributed by atoms with E-state index in [1.165, 1.54) is 18.2 Å². The molecule has 0 spiro atoms. The Bertz CT molecular complexity index is 832. The predicted molar refractivity (Wildman–Crippen MR) is 85.8 cm³/mol. The molecule has 2 rings (SSSR count). The smallest absolute Gasteiger partial charge is 0.335 e. The summed E-state index contributed by atoms with van der Waals surface area (Å²) in [5.41, 5.74) is 2.15. The summed E-state index contributed by atoms with van der Waals surface area (Å²) in [7, 11) is -3.73. The van der Waals surface area contributed by atoms with E-state index < -0.39 is 16.0 Å². The van der Waals surface area contributed by atoms with Gasteiger partial charge < -0.3 is 5.11 Å². The lowest BCUT2D eigenvalue weighted by atomic mass is 10.1. The number of nitrogens with one attached hydrogen (secondary N) is 1. The van der Waals surface area contributed by atoms with E-state index in [1.807, 2.05) is 19.1 Å². The maximum Gasteiger partial charge on any atom is 0.335 e. The Morgan fingerprint density at radius 3 is 2.61 bits per heavy atom. The van der Waals surface area contributed by atoms with Crippen LogP contribution in [0.5, 0.6) is 0 Å². The Morgan fingerprint density at radius 1 is 1.26 bits per heavy atom. The zero-order chi connectivity index (χ0) is 17.0. The van der Waals surface area contributed by atoms with E-state index >= 15 is 0 Å². The summed E-state index contributed by atoms with van der Waals surface area (Å²) in [5.74, 6) is -1.09. The van der Waals surface area contributed by atoms with Crippen molar-refractivity contribution >= 4 is 16.0 Å². The first kappa shape index (κ1) is 17.1. The first-order valence-electron chi connectivity index (χ1n) is 7.11. The van der Waals surface area contributed by atoms with Gasteiger partial charge in [-0.25, -0.2) is 17.9 Å². The Kier molecular flexibility index (Phi) is 5.12. The van der Waals surface area contributed by atoms with Crippen molar-refractivity contribution in [1.82, 2.24) is 9.71 Å². The van der Waals surface area contributed by atoms with Crippen molar-refractivity contribution in [3.05, 3.63) is 58.9 Å². The van der Waals surface area contributed by atoms with Crippen molar-refractivity contribution < 1.29 is 18.3 Å². The van der Waals surface area contributed by atoms with Crippen LogP contribution in [0.1, 0.15) is 34.1 Å². The molecule has 2 N–H and O–H groups in total. The number of rotatable bonds is 6. The molecular formula is C16H18N2O4S. The standard InChI is InChI=1S/C16H18N2O4S/c1-3-12-6-7-17-14(9-12)10-18-23(21,22)15-5-4-13(16(19)20)8-11(15)2/h4-9,18H,3,10H2,1-2H3,(H,19,20). The van der Waals surface area contributed by atoms with Crippen molar-refractivity contribution in [2.75, 3.05) is 0 Å². The highest BCUT2D eigenvalue weighted by molar-refractivity contribution is 7.89. The van der Waals surface area contributed by atoms with Crippen LogP contribution >= 0.6 is 0 Å². The first-order chi connectivity index (χ1) is 10.8. The van der Waals surface area contributed by atoms with E-state index in [0.29, 0.717) is 11.3 Å². The third kappa shape index (κ3) is 4.14. The van der Waals surface area contributed by atoms with Crippen LogP contribution in [0.2, 0.25) is 0 Å². The average molecular weight is 334 g/mol. The van der Waals surface area contributed by atoms with Crippen LogP contribution in [0.15, 0.2) is 41.4 Å². The molecule has 7 heteroatoms. The number of hydrogen-bond acceptors (Lipinski definition) is 4. The number of aromatic carboxylic acids is 1. The number of hydrogen-bond donors (Lipinski definition) is 2. The minimum atomic E-state index is -3.73. The van der Waals surface area contributed by atoms with Crippen LogP contribution in [0, 0.1) is 6.92 Å². The minimum absolute atomic E-state index is 0.0544. The Balaban J connectivity index is 2.20. The van der Waals surface area contributed by atoms with Gasteiger partial charge >= 0.3 is 5.97 Å². The number of carboxylic acids is 1. The SMILES string of the molecule is CCc1ccnc(CNS(=O)(=O)c2ccc(C(=O)O)cc2C)c1. The number of carboxylic acid groups (broad SMARTS) is 1. The summed E-state index contributed by atoms with van der Waals surface area (Å²) in [6, 6.07) is 7.65. The highest BCUT2D eigenvalue weighted by atomic mass is 32.2. The van der Waals surface area contributed by atoms with E-state index in [0.717, 1.165) is 12.0 Å². The topological polar surface area (TPSA) is 96.4 Å². The van der Waals surface area contributed by atoms with Gasteiger partial charge in [0.15, 0.2) is 0 Å². The Labute approximate surface area is 135 Å². The first-order valence-corrected chi connectivity index (χ1v) is 8.59. The van der Waals surface area contributed by atoms with Crippen LogP contribution in [-0.4, -0.2) is 24.5 Å². The van der Waals surface area contributed by atoms with E-state index in [4.69, 9.17) is 5.11 Å². The number of aromatic nitrogens is 1. The average Bonchev–Trinajstić information content (AvgIpc) is 2.53. The molecule has 1 aromatic carbocycles. The molecule has 0 radical (unpaired) electrons. The van der Waals surface area contributed by atoms with Gasteiger partial charge in [-0.1, -0.05) is 6.92 Å². The van der Waals surface area contributed by atoms with Gasteiger partial charge in [-0.3, -0.25) is 4.98 Å². The molecule has 0 aliphatic carbocycles. The second-order valence-corrected chi connectivity index (χ2v) is 6.85. The fraction of sp³-hybridized carbons (Fsp3) is 0.250. The lowest BCUT2D eigenvalue weighted by Gasteiger charge is -2.10. The van der Waals surface area contributed by atoms with E-state index in [1.54, 1.807) is 13.1 Å². The monoisotopic (exact) mass is 334 g/mol. The molecule has 0 unspecified atom stereocenters. The van der Waals surface area contributed by atoms with Gasteiger partial charge in [0.05, 0.1) is 22.7 Å². The normalized spacial score (nSPS) is 11.4. The second kappa shape index (κ2) is 6.89. The quantitative estimate of drug-likeness (QED) is 0.843. The molecule has 0 amide bonds. The van der Waals surface area contributed by atoms with Crippen molar-refractivity contribution in [3.63, 3.8) is 0 Å². The molecular weight excluding hydrogens is 316 g/mol. The highest BCUT2D eigenvalue weighted by Crippen LogP contribution is 2.17. The molecule has 1 heterocycles. The van der Waals surface area contributed by atoms with Gasteiger partial charge in [-0.2, -0.15) is 0 Å². The summed E-state index contributed by atoms with van der Waals surface area (Å²) in [6.07, 6.45) is 2.49. The lowest BCUT2D eigenvalue weighted by molar-refractivity contribution is 0.0696. The molecule has 122 valence electrons. The summed E-state index contributed by atoms with van der Waals surface area (Å²) >= 11 is 0. The van der Waals surface area contributed by atoms with Crippen molar-refractivity contribution in [2.24, 2.45) is 0 Å². The van der Waals surface area contributed by atoms with Crippen molar-refractivity contribution in [3.8, 4) is 0 Å². The Morgan fingerprint density at radius 2 is 2.00 bits per heavy atom. The molecule has 6 nitrogen and oxygen atoms in total. The molecule has 0 aliphatic rings. The van der Waals surface area contributed by atoms with Crippen molar-refractivity contribution in [1.29, 1.82) is 0 Å². The van der Waals surface area contributed by atoms with Gasteiger partial charge in [0.2, 0.25) is 10.0 Å². The van der Waals surface area contributed by atoms with E-state index in [-0.39, 0.29) is 17.0 Å². The van der Waals surface area contributed by atoms with Crippen LogP contribution < -0.4 is 4.72 Å². The fourth-order valence-corrected chi connectivity index (χ4v) is 3.40. The lowest BCUT2D eigenvalue weighted by Crippen LogP contribution is -2.24. The molecule has 1 aromatic heterocycles. The van der Waals surface area contributed by atoms with Gasteiger partial charge in [-0.15, -0.1) is 0 Å². The molecule has 0 saturated carbocycles. The van der Waals surface area contributed by atoms with Gasteiger partial charge in [0.25, 0.3) is 0 Å². The van der Waals surface area contributed by atoms with Crippen LogP contribution in [0.3, 0.4) is 0 Å². The van der Waals surface area contributed by atoms with Gasteiger partial charge in [0, 0.05) is 6.20 Å². The van der Waals surface area contributed by atoms with Crippen molar-refractivity contribution in [2.45, 2.75) is 31.7 Å². The maximum absolute atomic E-state index is 12.4. The molecule has 0 atom stereocenters.